The van der Waals surface area contributed by atoms with Crippen LogP contribution in [0.15, 0.2) is 59.1 Å². The molecule has 2 aromatic carbocycles. The van der Waals surface area contributed by atoms with Crippen LogP contribution in [0.3, 0.4) is 0 Å². The number of rotatable bonds is 8. The maximum Gasteiger partial charge on any atom is 0.337 e. The molecule has 12 heteroatoms. The Balaban J connectivity index is 1.39. The van der Waals surface area contributed by atoms with Gasteiger partial charge in [-0.25, -0.2) is 13.9 Å². The number of ether oxygens (including phenoxy) is 2. The zero-order valence-corrected chi connectivity index (χ0v) is 19.7. The Hall–Kier alpha value is -3.77. The van der Waals surface area contributed by atoms with E-state index in [1.54, 1.807) is 24.3 Å². The van der Waals surface area contributed by atoms with Crippen molar-refractivity contribution < 1.29 is 23.5 Å². The molecule has 0 aliphatic heterocycles. The van der Waals surface area contributed by atoms with Gasteiger partial charge in [0, 0.05) is 5.75 Å². The summed E-state index contributed by atoms with van der Waals surface area (Å²) in [6, 6.07) is 12.8. The Kier molecular flexibility index (Phi) is 7.18. The first-order chi connectivity index (χ1) is 16.5. The molecule has 2 heterocycles. The van der Waals surface area contributed by atoms with Crippen molar-refractivity contribution in [2.45, 2.75) is 10.1 Å². The third-order valence-corrected chi connectivity index (χ3v) is 6.61. The Morgan fingerprint density at radius 3 is 2.50 bits per heavy atom. The topological polar surface area (TPSA) is 108 Å². The van der Waals surface area contributed by atoms with E-state index < -0.39 is 5.91 Å². The quantitative estimate of drug-likeness (QED) is 0.218. The molecule has 0 aliphatic rings. The largest absolute Gasteiger partial charge is 0.493 e. The number of esters is 1. The molecule has 174 valence electrons. The highest BCUT2D eigenvalue weighted by atomic mass is 32.2. The molecule has 0 spiro atoms. The average Bonchev–Trinajstić information content (AvgIpc) is 3.50. The van der Waals surface area contributed by atoms with Gasteiger partial charge in [0.25, 0.3) is 5.91 Å². The monoisotopic (exact) mass is 499 g/mol. The number of anilines is 1. The fourth-order valence-electron chi connectivity index (χ4n) is 2.87. The number of nitrogens with zero attached hydrogens (tertiary/aromatic N) is 4. The van der Waals surface area contributed by atoms with Gasteiger partial charge >= 0.3 is 5.97 Å². The van der Waals surface area contributed by atoms with Crippen LogP contribution in [0.5, 0.6) is 5.75 Å². The van der Waals surface area contributed by atoms with E-state index >= 15 is 0 Å². The Morgan fingerprint density at radius 2 is 1.82 bits per heavy atom. The van der Waals surface area contributed by atoms with Crippen molar-refractivity contribution in [3.05, 3.63) is 77.4 Å². The van der Waals surface area contributed by atoms with Crippen molar-refractivity contribution in [2.75, 3.05) is 19.5 Å². The first-order valence-corrected chi connectivity index (χ1v) is 11.6. The molecular weight excluding hydrogens is 481 g/mol. The van der Waals surface area contributed by atoms with Gasteiger partial charge in [0.05, 0.1) is 31.7 Å². The van der Waals surface area contributed by atoms with Crippen LogP contribution in [0, 0.1) is 5.82 Å². The zero-order chi connectivity index (χ0) is 24.1. The molecular formula is C22H18FN5O4S2. The predicted molar refractivity (Wildman–Crippen MR) is 125 cm³/mol. The molecule has 4 rings (SSSR count). The van der Waals surface area contributed by atoms with Crippen LogP contribution < -0.4 is 10.1 Å². The summed E-state index contributed by atoms with van der Waals surface area (Å²) in [6.07, 6.45) is 1.54. The molecule has 9 nitrogen and oxygen atoms in total. The van der Waals surface area contributed by atoms with Gasteiger partial charge in [-0.2, -0.15) is 5.10 Å². The van der Waals surface area contributed by atoms with Crippen LogP contribution in [-0.4, -0.2) is 46.1 Å². The third-order valence-electron chi connectivity index (χ3n) is 4.57. The molecule has 0 fully saturated rings. The molecule has 0 aliphatic carbocycles. The summed E-state index contributed by atoms with van der Waals surface area (Å²) in [5, 5.41) is 15.4. The second-order valence-corrected chi connectivity index (χ2v) is 8.97. The first-order valence-electron chi connectivity index (χ1n) is 9.81. The normalized spacial score (nSPS) is 10.7. The fourth-order valence-corrected chi connectivity index (χ4v) is 4.57. The number of carbonyl (C=O) groups excluding carboxylic acids is 2. The smallest absolute Gasteiger partial charge is 0.337 e. The van der Waals surface area contributed by atoms with Crippen molar-refractivity contribution in [3.63, 3.8) is 0 Å². The van der Waals surface area contributed by atoms with Crippen LogP contribution >= 0.6 is 23.1 Å². The van der Waals surface area contributed by atoms with Crippen LogP contribution in [0.2, 0.25) is 0 Å². The maximum absolute atomic E-state index is 13.2. The Morgan fingerprint density at radius 1 is 1.09 bits per heavy atom. The minimum Gasteiger partial charge on any atom is -0.493 e. The summed E-state index contributed by atoms with van der Waals surface area (Å²) in [5.41, 5.74) is 2.11. The molecule has 1 amide bonds. The van der Waals surface area contributed by atoms with E-state index in [1.807, 2.05) is 12.1 Å². The highest BCUT2D eigenvalue weighted by Gasteiger charge is 2.20. The molecule has 0 saturated heterocycles. The molecule has 4 aromatic rings. The average molecular weight is 500 g/mol. The first kappa shape index (κ1) is 23.4. The molecule has 1 N–H and O–H groups in total. The second-order valence-electron chi connectivity index (χ2n) is 6.77. The van der Waals surface area contributed by atoms with Gasteiger partial charge in [0.2, 0.25) is 5.13 Å². The summed E-state index contributed by atoms with van der Waals surface area (Å²) < 4.78 is 25.2. The lowest BCUT2D eigenvalue weighted by Gasteiger charge is -2.02. The van der Waals surface area contributed by atoms with Gasteiger partial charge in [-0.1, -0.05) is 35.2 Å². The molecule has 0 saturated carbocycles. The van der Waals surface area contributed by atoms with E-state index in [4.69, 9.17) is 9.47 Å². The lowest BCUT2D eigenvalue weighted by Crippen LogP contribution is -2.14. The number of nitrogens with one attached hydrogen (secondary N) is 1. The number of carbonyl (C=O) groups is 2. The zero-order valence-electron chi connectivity index (χ0n) is 18.0. The molecule has 0 unspecified atom stereocenters. The lowest BCUT2D eigenvalue weighted by molar-refractivity contribution is 0.0600. The molecule has 34 heavy (non-hydrogen) atoms. The molecule has 0 atom stereocenters. The molecule has 0 bridgehead atoms. The van der Waals surface area contributed by atoms with Crippen LogP contribution in [0.1, 0.15) is 26.4 Å². The highest BCUT2D eigenvalue weighted by molar-refractivity contribution is 8.00. The number of halogens is 1. The highest BCUT2D eigenvalue weighted by Crippen LogP contribution is 2.29. The van der Waals surface area contributed by atoms with Gasteiger partial charge in [-0.3, -0.25) is 10.1 Å². The number of hydrogen-bond acceptors (Lipinski definition) is 9. The van der Waals surface area contributed by atoms with Gasteiger partial charge in [-0.05, 0) is 42.0 Å². The van der Waals surface area contributed by atoms with E-state index in [-0.39, 0.29) is 23.2 Å². The number of thioether (sulfide) groups is 1. The Labute approximate surface area is 201 Å². The van der Waals surface area contributed by atoms with Crippen molar-refractivity contribution in [1.29, 1.82) is 0 Å². The summed E-state index contributed by atoms with van der Waals surface area (Å²) in [5.74, 6) is -0.396. The van der Waals surface area contributed by atoms with Crippen LogP contribution in [0.25, 0.3) is 5.69 Å². The number of benzene rings is 2. The van der Waals surface area contributed by atoms with E-state index in [0.717, 1.165) is 5.56 Å². The summed E-state index contributed by atoms with van der Waals surface area (Å²) >= 11 is 2.67. The predicted octanol–water partition coefficient (Wildman–Crippen LogP) is 4.20. The van der Waals surface area contributed by atoms with Gasteiger partial charge in [-0.15, -0.1) is 10.2 Å². The van der Waals surface area contributed by atoms with Crippen LogP contribution in [-0.2, 0) is 10.5 Å². The van der Waals surface area contributed by atoms with Crippen LogP contribution in [0.4, 0.5) is 9.52 Å². The van der Waals surface area contributed by atoms with Gasteiger partial charge in [0.15, 0.2) is 15.8 Å². The van der Waals surface area contributed by atoms with E-state index in [9.17, 15) is 14.0 Å². The minimum absolute atomic E-state index is 0.0573. The molecule has 2 aromatic heterocycles. The Bertz CT molecular complexity index is 1310. The summed E-state index contributed by atoms with van der Waals surface area (Å²) in [6.45, 7) is 0. The van der Waals surface area contributed by atoms with E-state index in [1.165, 1.54) is 60.3 Å². The van der Waals surface area contributed by atoms with Crippen molar-refractivity contribution in [1.82, 2.24) is 20.0 Å². The van der Waals surface area contributed by atoms with Crippen molar-refractivity contribution >= 4 is 40.1 Å². The maximum atomic E-state index is 13.2. The number of amides is 1. The number of aromatic nitrogens is 4. The minimum atomic E-state index is -0.510. The lowest BCUT2D eigenvalue weighted by atomic mass is 10.1. The second kappa shape index (κ2) is 10.4. The summed E-state index contributed by atoms with van der Waals surface area (Å²) in [4.78, 5) is 24.3. The van der Waals surface area contributed by atoms with E-state index in [2.05, 4.69) is 20.6 Å². The molecule has 0 radical (unpaired) electrons. The van der Waals surface area contributed by atoms with Gasteiger partial charge in [0.1, 0.15) is 5.82 Å². The SMILES string of the molecule is COC(=O)c1ccc(CSc2nnc(NC(=O)c3nn(-c4ccc(F)cc4)cc3OC)s2)cc1. The standard InChI is InChI=1S/C22H18FN5O4S2/c1-31-17-11-28(16-9-7-15(23)8-10-16)27-18(17)19(29)24-21-25-26-22(34-21)33-12-13-3-5-14(6-4-13)20(30)32-2/h3-11H,12H2,1-2H3,(H,24,25,29). The summed E-state index contributed by atoms with van der Waals surface area (Å²) in [7, 11) is 2.77. The van der Waals surface area contributed by atoms with Gasteiger partial charge < -0.3 is 9.47 Å². The van der Waals surface area contributed by atoms with Crippen molar-refractivity contribution in [2.24, 2.45) is 0 Å². The number of methoxy groups -OCH3 is 2. The fraction of sp³-hybridized carbons (Fsp3) is 0.136. The van der Waals surface area contributed by atoms with E-state index in [0.29, 0.717) is 26.5 Å². The van der Waals surface area contributed by atoms with Crippen molar-refractivity contribution in [3.8, 4) is 11.4 Å². The third kappa shape index (κ3) is 5.41. The number of hydrogen-bond donors (Lipinski definition) is 1.